The number of likely N-dealkylation sites (N-methyl/N-ethyl adjacent to an activating group) is 1. The summed E-state index contributed by atoms with van der Waals surface area (Å²) in [6.45, 7) is 3.76. The Morgan fingerprint density at radius 3 is 2.61 bits per heavy atom. The number of rotatable bonds is 1. The van der Waals surface area contributed by atoms with Gasteiger partial charge in [0, 0.05) is 55.4 Å². The summed E-state index contributed by atoms with van der Waals surface area (Å²) in [4.78, 5) is 11.4. The third-order valence-corrected chi connectivity index (χ3v) is 5.21. The molecule has 4 rings (SSSR count). The lowest BCUT2D eigenvalue weighted by molar-refractivity contribution is 0.312. The van der Waals surface area contributed by atoms with Gasteiger partial charge in [-0.2, -0.15) is 0 Å². The Labute approximate surface area is 138 Å². The van der Waals surface area contributed by atoms with Crippen LogP contribution in [0.2, 0.25) is 0 Å². The molecule has 4 nitrogen and oxygen atoms in total. The lowest BCUT2D eigenvalue weighted by atomic mass is 10.2. The first-order valence-corrected chi connectivity index (χ1v) is 8.69. The summed E-state index contributed by atoms with van der Waals surface area (Å²) in [5.74, 6) is -0.207. The maximum atomic E-state index is 14.2. The fourth-order valence-electron chi connectivity index (χ4n) is 3.14. The molecule has 1 aromatic heterocycles. The number of hydrogen-bond donors (Lipinski definition) is 0. The van der Waals surface area contributed by atoms with E-state index in [9.17, 15) is 4.39 Å². The number of hydrogen-bond acceptors (Lipinski definition) is 5. The summed E-state index contributed by atoms with van der Waals surface area (Å²) in [7, 11) is 4.10. The number of benzene rings is 1. The summed E-state index contributed by atoms with van der Waals surface area (Å²) in [5.41, 5.74) is 2.92. The lowest BCUT2D eigenvalue weighted by Gasteiger charge is -2.34. The van der Waals surface area contributed by atoms with Gasteiger partial charge in [0.05, 0.1) is 22.4 Å². The SMILES string of the molecule is CN1CCN(c2cc(F)cc3c2=Nc2cscc2N(C)C=3)CC1. The van der Waals surface area contributed by atoms with Crippen molar-refractivity contribution in [2.75, 3.05) is 50.1 Å². The van der Waals surface area contributed by atoms with Crippen molar-refractivity contribution in [1.29, 1.82) is 0 Å². The summed E-state index contributed by atoms with van der Waals surface area (Å²) in [5, 5.41) is 5.83. The fourth-order valence-corrected chi connectivity index (χ4v) is 3.93. The molecule has 0 N–H and O–H groups in total. The van der Waals surface area contributed by atoms with E-state index < -0.39 is 0 Å². The monoisotopic (exact) mass is 330 g/mol. The number of fused-ring (bicyclic) bond motifs is 2. The Morgan fingerprint density at radius 2 is 1.83 bits per heavy atom. The van der Waals surface area contributed by atoms with Crippen molar-refractivity contribution >= 4 is 34.6 Å². The van der Waals surface area contributed by atoms with Gasteiger partial charge in [-0.3, -0.25) is 0 Å². The molecule has 2 aliphatic rings. The van der Waals surface area contributed by atoms with E-state index in [0.717, 1.165) is 53.8 Å². The summed E-state index contributed by atoms with van der Waals surface area (Å²) < 4.78 is 14.2. The Kier molecular flexibility index (Phi) is 3.58. The molecule has 0 spiro atoms. The molecule has 1 fully saturated rings. The average Bonchev–Trinajstić information content (AvgIpc) is 2.94. The highest BCUT2D eigenvalue weighted by Crippen LogP contribution is 2.32. The van der Waals surface area contributed by atoms with E-state index in [2.05, 4.69) is 22.2 Å². The van der Waals surface area contributed by atoms with Crippen molar-refractivity contribution in [2.45, 2.75) is 0 Å². The second kappa shape index (κ2) is 5.62. The van der Waals surface area contributed by atoms with Crippen molar-refractivity contribution < 1.29 is 4.39 Å². The molecule has 0 saturated carbocycles. The van der Waals surface area contributed by atoms with Gasteiger partial charge < -0.3 is 14.7 Å². The highest BCUT2D eigenvalue weighted by molar-refractivity contribution is 7.08. The largest absolute Gasteiger partial charge is 0.367 e. The quantitative estimate of drug-likeness (QED) is 0.796. The Balaban J connectivity index is 1.92. The summed E-state index contributed by atoms with van der Waals surface area (Å²) >= 11 is 1.64. The highest BCUT2D eigenvalue weighted by Gasteiger charge is 2.19. The van der Waals surface area contributed by atoms with E-state index in [1.165, 1.54) is 0 Å². The van der Waals surface area contributed by atoms with Crippen molar-refractivity contribution in [2.24, 2.45) is 4.99 Å². The van der Waals surface area contributed by atoms with Crippen LogP contribution in [-0.4, -0.2) is 45.2 Å². The predicted octanol–water partition coefficient (Wildman–Crippen LogP) is 1.78. The molecule has 0 amide bonds. The van der Waals surface area contributed by atoms with E-state index in [4.69, 9.17) is 4.99 Å². The molecule has 0 aliphatic carbocycles. The van der Waals surface area contributed by atoms with Crippen molar-refractivity contribution in [3.8, 4) is 0 Å². The van der Waals surface area contributed by atoms with Crippen LogP contribution in [0.25, 0.3) is 6.20 Å². The van der Waals surface area contributed by atoms with Gasteiger partial charge in [0.1, 0.15) is 5.82 Å². The van der Waals surface area contributed by atoms with Gasteiger partial charge in [0.25, 0.3) is 0 Å². The van der Waals surface area contributed by atoms with Crippen LogP contribution in [0.3, 0.4) is 0 Å². The molecule has 2 aromatic rings. The Bertz CT molecular complexity index is 852. The van der Waals surface area contributed by atoms with Crippen LogP contribution in [0.4, 0.5) is 21.5 Å². The van der Waals surface area contributed by atoms with E-state index in [1.807, 2.05) is 23.5 Å². The maximum absolute atomic E-state index is 14.2. The van der Waals surface area contributed by atoms with Gasteiger partial charge in [-0.15, -0.1) is 11.3 Å². The minimum absolute atomic E-state index is 0.207. The normalized spacial score (nSPS) is 17.9. The molecule has 0 atom stereocenters. The fraction of sp³-hybridized carbons (Fsp3) is 0.353. The summed E-state index contributed by atoms with van der Waals surface area (Å²) in [6, 6.07) is 3.20. The van der Waals surface area contributed by atoms with Crippen molar-refractivity contribution in [3.63, 3.8) is 0 Å². The van der Waals surface area contributed by atoms with E-state index in [0.29, 0.717) is 0 Å². The van der Waals surface area contributed by atoms with Gasteiger partial charge in [0.15, 0.2) is 0 Å². The lowest BCUT2D eigenvalue weighted by Crippen LogP contribution is -2.47. The van der Waals surface area contributed by atoms with Gasteiger partial charge in [0.2, 0.25) is 0 Å². The van der Waals surface area contributed by atoms with E-state index in [1.54, 1.807) is 23.5 Å². The van der Waals surface area contributed by atoms with Crippen LogP contribution in [0.15, 0.2) is 27.9 Å². The van der Waals surface area contributed by atoms with E-state index in [-0.39, 0.29) is 5.82 Å². The molecular formula is C17H19FN4S. The Morgan fingerprint density at radius 1 is 1.04 bits per heavy atom. The van der Waals surface area contributed by atoms with Crippen molar-refractivity contribution in [1.82, 2.24) is 4.90 Å². The number of thiophene rings is 1. The number of piperazine rings is 1. The second-order valence-electron chi connectivity index (χ2n) is 6.15. The summed E-state index contributed by atoms with van der Waals surface area (Å²) in [6.07, 6.45) is 1.97. The molecule has 2 aliphatic heterocycles. The van der Waals surface area contributed by atoms with Gasteiger partial charge in [-0.1, -0.05) is 0 Å². The van der Waals surface area contributed by atoms with Crippen LogP contribution in [0, 0.1) is 5.82 Å². The van der Waals surface area contributed by atoms with Gasteiger partial charge in [-0.05, 0) is 19.2 Å². The topological polar surface area (TPSA) is 22.1 Å². The standard InChI is InChI=1S/C17H19FN4S/c1-20-3-5-22(6-4-20)15-8-13(18)7-12-9-21(2)16-11-23-10-14(16)19-17(12)15/h7-11H,3-6H2,1-2H3. The first kappa shape index (κ1) is 14.7. The third-order valence-electron chi connectivity index (χ3n) is 4.49. The zero-order valence-electron chi connectivity index (χ0n) is 13.3. The number of halogens is 1. The molecule has 6 heteroatoms. The third kappa shape index (κ3) is 2.62. The Hall–Kier alpha value is -1.92. The van der Waals surface area contributed by atoms with Crippen LogP contribution >= 0.6 is 11.3 Å². The van der Waals surface area contributed by atoms with Gasteiger partial charge >= 0.3 is 0 Å². The molecule has 0 bridgehead atoms. The van der Waals surface area contributed by atoms with Crippen LogP contribution in [-0.2, 0) is 0 Å². The molecule has 120 valence electrons. The second-order valence-corrected chi connectivity index (χ2v) is 6.89. The molecule has 0 unspecified atom stereocenters. The average molecular weight is 330 g/mol. The number of nitrogens with zero attached hydrogens (tertiary/aromatic N) is 4. The smallest absolute Gasteiger partial charge is 0.126 e. The maximum Gasteiger partial charge on any atom is 0.126 e. The predicted molar refractivity (Wildman–Crippen MR) is 93.7 cm³/mol. The first-order valence-electron chi connectivity index (χ1n) is 7.74. The molecular weight excluding hydrogens is 311 g/mol. The molecule has 1 saturated heterocycles. The van der Waals surface area contributed by atoms with Crippen LogP contribution < -0.4 is 20.4 Å². The van der Waals surface area contributed by atoms with Crippen molar-refractivity contribution in [3.05, 3.63) is 39.3 Å². The molecule has 23 heavy (non-hydrogen) atoms. The minimum Gasteiger partial charge on any atom is -0.367 e. The molecule has 1 aromatic carbocycles. The minimum atomic E-state index is -0.207. The van der Waals surface area contributed by atoms with Crippen LogP contribution in [0.5, 0.6) is 0 Å². The zero-order valence-corrected chi connectivity index (χ0v) is 14.1. The van der Waals surface area contributed by atoms with Gasteiger partial charge in [-0.25, -0.2) is 9.38 Å². The molecule has 0 radical (unpaired) electrons. The van der Waals surface area contributed by atoms with Crippen LogP contribution in [0.1, 0.15) is 0 Å². The molecule has 3 heterocycles. The first-order chi connectivity index (χ1) is 11.1. The van der Waals surface area contributed by atoms with E-state index >= 15 is 0 Å². The number of anilines is 2. The zero-order chi connectivity index (χ0) is 16.0. The highest BCUT2D eigenvalue weighted by atomic mass is 32.1.